The smallest absolute Gasteiger partial charge is 0.545 e. The largest absolute Gasteiger partial charge is 2.00 e. The van der Waals surface area contributed by atoms with E-state index >= 15 is 0 Å². The van der Waals surface area contributed by atoms with Gasteiger partial charge in [-0.2, -0.15) is 0 Å². The molecule has 0 aromatic heterocycles. The van der Waals surface area contributed by atoms with Crippen molar-refractivity contribution in [3.8, 4) is 0 Å². The van der Waals surface area contributed by atoms with Crippen LogP contribution < -0.4 is 10.2 Å². The third kappa shape index (κ3) is 45.5. The summed E-state index contributed by atoms with van der Waals surface area (Å²) in [5, 5.41) is 18.3. The van der Waals surface area contributed by atoms with E-state index in [0.717, 1.165) is 12.2 Å². The quantitative estimate of drug-likeness (QED) is 0.406. The minimum absolute atomic E-state index is 0. The van der Waals surface area contributed by atoms with Gasteiger partial charge in [0, 0.05) is 0 Å². The maximum Gasteiger partial charge on any atom is 2.00 e. The molecule has 0 saturated heterocycles. The zero-order valence-electron chi connectivity index (χ0n) is 5.65. The van der Waals surface area contributed by atoms with Crippen molar-refractivity contribution in [3.63, 3.8) is 0 Å². The van der Waals surface area contributed by atoms with Crippen LogP contribution in [0, 0.1) is 0 Å². The van der Waals surface area contributed by atoms with Crippen molar-refractivity contribution in [1.29, 1.82) is 0 Å². The first-order valence-electron chi connectivity index (χ1n) is 2.21. The Balaban J connectivity index is -0.000000107. The van der Waals surface area contributed by atoms with Crippen LogP contribution in [0.3, 0.4) is 0 Å². The molecule has 0 fully saturated rings. The molecule has 0 aromatic carbocycles. The molecule has 0 aliphatic rings. The van der Waals surface area contributed by atoms with E-state index in [9.17, 15) is 0 Å². The van der Waals surface area contributed by atoms with Crippen LogP contribution in [0.25, 0.3) is 0 Å². The molecule has 59 valence electrons. The van der Waals surface area contributed by atoms with Crippen LogP contribution >= 0.6 is 0 Å². The first-order valence-corrected chi connectivity index (χ1v) is 2.21. The number of carboxylic acids is 2. The van der Waals surface area contributed by atoms with Gasteiger partial charge in [0.05, 0.1) is 11.9 Å². The molecule has 0 aliphatic heterocycles. The topological polar surface area (TPSA) is 80.3 Å². The first-order chi connectivity index (χ1) is 4.54. The number of rotatable bonds is 2. The monoisotopic (exact) mass is 351 g/mol. The Morgan fingerprint density at radius 2 is 1.09 bits per heavy atom. The third-order valence-corrected chi connectivity index (χ3v) is 0.333. The van der Waals surface area contributed by atoms with Gasteiger partial charge in [0.2, 0.25) is 0 Å². The molecule has 0 saturated carbocycles. The molecule has 0 unspecified atom stereocenters. The van der Waals surface area contributed by atoms with Crippen molar-refractivity contribution in [2.45, 2.75) is 0 Å². The minimum Gasteiger partial charge on any atom is -0.545 e. The second-order valence-corrected chi connectivity index (χ2v) is 1.05. The Bertz CT molecular complexity index is 135. The molecule has 4 nitrogen and oxygen atoms in total. The van der Waals surface area contributed by atoms with Crippen LogP contribution in [0.15, 0.2) is 25.3 Å². The van der Waals surface area contributed by atoms with Gasteiger partial charge in [-0.05, 0) is 12.2 Å². The van der Waals surface area contributed by atoms with Crippen molar-refractivity contribution < 1.29 is 19.8 Å². The average Bonchev–Trinajstić information content (AvgIpc) is 1.89. The van der Waals surface area contributed by atoms with Crippen molar-refractivity contribution in [2.24, 2.45) is 0 Å². The van der Waals surface area contributed by atoms with Crippen LogP contribution in [-0.4, -0.2) is 38.1 Å². The van der Waals surface area contributed by atoms with E-state index < -0.39 is 11.9 Å². The number of carbonyl (C=O) groups excluding carboxylic acids is 2. The first kappa shape index (κ1) is 16.7. The zero-order chi connectivity index (χ0) is 8.57. The summed E-state index contributed by atoms with van der Waals surface area (Å²) in [7, 11) is 0. The predicted octanol–water partition coefficient (Wildman–Crippen LogP) is -2.54. The van der Waals surface area contributed by atoms with E-state index in [1.807, 2.05) is 0 Å². The molecule has 0 rings (SSSR count). The second kappa shape index (κ2) is 12.0. The Kier molecular flexibility index (Phi) is 18.3. The molecule has 0 aliphatic carbocycles. The molecular formula is C6H6BiO4. The average molecular weight is 351 g/mol. The fourth-order valence-electron chi connectivity index (χ4n) is 0. The van der Waals surface area contributed by atoms with Crippen LogP contribution in [0.1, 0.15) is 0 Å². The van der Waals surface area contributed by atoms with E-state index in [0.29, 0.717) is 0 Å². The summed E-state index contributed by atoms with van der Waals surface area (Å²) >= 11 is 0. The summed E-state index contributed by atoms with van der Waals surface area (Å²) in [4.78, 5) is 18.3. The normalized spacial score (nSPS) is 5.82. The van der Waals surface area contributed by atoms with Crippen LogP contribution in [0.2, 0.25) is 0 Å². The number of hydrogen-bond acceptors (Lipinski definition) is 4. The van der Waals surface area contributed by atoms with E-state index in [1.54, 1.807) is 0 Å². The SMILES string of the molecule is C=CC(=O)[O-].C=CC(=O)[O-].[Bi+2]. The van der Waals surface area contributed by atoms with E-state index in [-0.39, 0.29) is 26.2 Å². The van der Waals surface area contributed by atoms with Gasteiger partial charge in [0.25, 0.3) is 0 Å². The van der Waals surface area contributed by atoms with E-state index in [4.69, 9.17) is 19.8 Å². The van der Waals surface area contributed by atoms with Gasteiger partial charge in [0.15, 0.2) is 0 Å². The van der Waals surface area contributed by atoms with Crippen molar-refractivity contribution in [2.75, 3.05) is 0 Å². The molecule has 5 heteroatoms. The standard InChI is InChI=1S/2C3H4O2.Bi/c2*1-2-3(4)5;/h2*2H,1H2,(H,4,5);/q;;+2/p-2. The Hall–Kier alpha value is -0.697. The Morgan fingerprint density at radius 1 is 1.00 bits per heavy atom. The number of hydrogen-bond donors (Lipinski definition) is 0. The second-order valence-electron chi connectivity index (χ2n) is 1.05. The molecular weight excluding hydrogens is 345 g/mol. The predicted molar refractivity (Wildman–Crippen MR) is 36.2 cm³/mol. The molecule has 0 bridgehead atoms. The van der Waals surface area contributed by atoms with Crippen molar-refractivity contribution in [3.05, 3.63) is 25.3 Å². The Labute approximate surface area is 83.4 Å². The maximum absolute atomic E-state index is 9.14. The summed E-state index contributed by atoms with van der Waals surface area (Å²) in [5.41, 5.74) is 0. The van der Waals surface area contributed by atoms with Crippen molar-refractivity contribution >= 4 is 38.1 Å². The summed E-state index contributed by atoms with van der Waals surface area (Å²) in [6, 6.07) is 0. The van der Waals surface area contributed by atoms with E-state index in [1.165, 1.54) is 0 Å². The molecule has 11 heavy (non-hydrogen) atoms. The van der Waals surface area contributed by atoms with Crippen LogP contribution in [0.4, 0.5) is 0 Å². The van der Waals surface area contributed by atoms with Gasteiger partial charge in [-0.1, -0.05) is 13.2 Å². The van der Waals surface area contributed by atoms with Gasteiger partial charge in [0.1, 0.15) is 0 Å². The summed E-state index contributed by atoms with van der Waals surface area (Å²) in [6.07, 6.45) is 1.44. The van der Waals surface area contributed by atoms with Crippen molar-refractivity contribution in [1.82, 2.24) is 0 Å². The molecule has 0 spiro atoms. The maximum atomic E-state index is 9.14. The summed E-state index contributed by atoms with van der Waals surface area (Å²) in [5.74, 6) is -2.46. The van der Waals surface area contributed by atoms with Gasteiger partial charge < -0.3 is 19.8 Å². The number of carbonyl (C=O) groups is 2. The van der Waals surface area contributed by atoms with Gasteiger partial charge >= 0.3 is 26.2 Å². The van der Waals surface area contributed by atoms with Gasteiger partial charge in [-0.25, -0.2) is 0 Å². The third-order valence-electron chi connectivity index (χ3n) is 0.333. The number of aliphatic carboxylic acids is 2. The van der Waals surface area contributed by atoms with Gasteiger partial charge in [-0.15, -0.1) is 0 Å². The molecule has 0 amide bonds. The van der Waals surface area contributed by atoms with E-state index in [2.05, 4.69) is 13.2 Å². The molecule has 3 radical (unpaired) electrons. The molecule has 0 N–H and O–H groups in total. The van der Waals surface area contributed by atoms with Gasteiger partial charge in [-0.3, -0.25) is 0 Å². The van der Waals surface area contributed by atoms with Crippen LogP contribution in [0.5, 0.6) is 0 Å². The minimum atomic E-state index is -1.23. The number of carboxylic acid groups (broad SMARTS) is 2. The van der Waals surface area contributed by atoms with Crippen LogP contribution in [-0.2, 0) is 9.59 Å². The molecule has 0 atom stereocenters. The Morgan fingerprint density at radius 3 is 1.09 bits per heavy atom. The molecule has 0 aromatic rings. The fourth-order valence-corrected chi connectivity index (χ4v) is 0. The summed E-state index contributed by atoms with van der Waals surface area (Å²) in [6.45, 7) is 5.80. The zero-order valence-corrected chi connectivity index (χ0v) is 9.13. The fraction of sp³-hybridized carbons (Fsp3) is 0. The summed E-state index contributed by atoms with van der Waals surface area (Å²) < 4.78 is 0. The molecule has 0 heterocycles.